The Labute approximate surface area is 177 Å². The Morgan fingerprint density at radius 1 is 1.10 bits per heavy atom. The molecule has 0 saturated heterocycles. The zero-order valence-corrected chi connectivity index (χ0v) is 16.8. The second-order valence-corrected chi connectivity index (χ2v) is 7.30. The van der Waals surface area contributed by atoms with Crippen LogP contribution in [0.25, 0.3) is 0 Å². The number of hydrogen-bond acceptors (Lipinski definition) is 4. The van der Waals surface area contributed by atoms with Gasteiger partial charge in [0, 0.05) is 18.3 Å². The summed E-state index contributed by atoms with van der Waals surface area (Å²) in [6, 6.07) is 11.0. The number of anilines is 1. The lowest BCUT2D eigenvalue weighted by Gasteiger charge is -2.29. The van der Waals surface area contributed by atoms with E-state index in [1.807, 2.05) is 0 Å². The number of aromatic nitrogens is 2. The first kappa shape index (κ1) is 20.6. The first-order valence-corrected chi connectivity index (χ1v) is 9.92. The number of halogens is 2. The summed E-state index contributed by atoms with van der Waals surface area (Å²) in [5, 5.41) is 2.84. The average molecular weight is 422 g/mol. The van der Waals surface area contributed by atoms with Crippen LogP contribution >= 0.6 is 0 Å². The normalized spacial score (nSPS) is 14.0. The molecule has 8 heteroatoms. The number of carbonyl (C=O) groups is 2. The summed E-state index contributed by atoms with van der Waals surface area (Å²) in [6.45, 7) is 2.24. The van der Waals surface area contributed by atoms with E-state index in [4.69, 9.17) is 0 Å². The molecule has 3 heterocycles. The zero-order valence-electron chi connectivity index (χ0n) is 16.8. The van der Waals surface area contributed by atoms with Gasteiger partial charge in [0.05, 0.1) is 23.1 Å². The van der Waals surface area contributed by atoms with Gasteiger partial charge in [0.1, 0.15) is 5.82 Å². The van der Waals surface area contributed by atoms with Crippen molar-refractivity contribution in [1.82, 2.24) is 15.3 Å². The van der Waals surface area contributed by atoms with Crippen LogP contribution in [0.3, 0.4) is 0 Å². The molecule has 1 aliphatic heterocycles. The molecule has 1 aromatic carbocycles. The highest BCUT2D eigenvalue weighted by molar-refractivity contribution is 6.05. The Hall–Kier alpha value is -3.68. The van der Waals surface area contributed by atoms with Gasteiger partial charge < -0.3 is 10.2 Å². The molecule has 0 spiro atoms. The zero-order chi connectivity index (χ0) is 22.0. The minimum Gasteiger partial charge on any atom is -0.344 e. The molecule has 0 fully saturated rings. The molecule has 0 saturated carbocycles. The summed E-state index contributed by atoms with van der Waals surface area (Å²) in [5.74, 6) is -1.92. The van der Waals surface area contributed by atoms with Crippen LogP contribution in [0.5, 0.6) is 0 Å². The maximum Gasteiger partial charge on any atom is 0.279 e. The van der Waals surface area contributed by atoms with Crippen molar-refractivity contribution in [3.05, 3.63) is 89.0 Å². The topological polar surface area (TPSA) is 75.2 Å². The number of carbonyl (C=O) groups excluding carboxylic acids is 2. The Balaban J connectivity index is 1.54. The molecule has 1 aliphatic rings. The lowest BCUT2D eigenvalue weighted by Crippen LogP contribution is -2.37. The summed E-state index contributed by atoms with van der Waals surface area (Å²) in [4.78, 5) is 35.3. The Morgan fingerprint density at radius 3 is 2.61 bits per heavy atom. The Bertz CT molecular complexity index is 1130. The van der Waals surface area contributed by atoms with E-state index < -0.39 is 23.6 Å². The SMILES string of the molecule is CC(NC(=O)c1ccc(F)cc1)c1ccc2c(n1)CCCN2C(=O)c1ncccc1F. The Morgan fingerprint density at radius 2 is 1.87 bits per heavy atom. The minimum atomic E-state index is -0.665. The van der Waals surface area contributed by atoms with Crippen molar-refractivity contribution in [2.24, 2.45) is 0 Å². The molecule has 0 aliphatic carbocycles. The summed E-state index contributed by atoms with van der Waals surface area (Å²) in [6.07, 6.45) is 2.73. The molecule has 6 nitrogen and oxygen atoms in total. The second-order valence-electron chi connectivity index (χ2n) is 7.30. The van der Waals surface area contributed by atoms with Crippen LogP contribution in [-0.4, -0.2) is 28.3 Å². The third-order valence-corrected chi connectivity index (χ3v) is 5.16. The molecular formula is C23H20F2N4O2. The van der Waals surface area contributed by atoms with Crippen molar-refractivity contribution in [2.45, 2.75) is 25.8 Å². The van der Waals surface area contributed by atoms with Gasteiger partial charge in [-0.05, 0) is 68.3 Å². The highest BCUT2D eigenvalue weighted by atomic mass is 19.1. The van der Waals surface area contributed by atoms with Gasteiger partial charge in [0.2, 0.25) is 0 Å². The van der Waals surface area contributed by atoms with Crippen molar-refractivity contribution < 1.29 is 18.4 Å². The summed E-state index contributed by atoms with van der Waals surface area (Å²) < 4.78 is 27.1. The van der Waals surface area contributed by atoms with E-state index in [0.717, 1.165) is 0 Å². The smallest absolute Gasteiger partial charge is 0.279 e. The largest absolute Gasteiger partial charge is 0.344 e. The van der Waals surface area contributed by atoms with Crippen LogP contribution in [0.15, 0.2) is 54.7 Å². The number of aryl methyl sites for hydroxylation is 1. The van der Waals surface area contributed by atoms with E-state index in [-0.39, 0.29) is 11.6 Å². The fourth-order valence-corrected chi connectivity index (χ4v) is 3.54. The lowest BCUT2D eigenvalue weighted by molar-refractivity contribution is 0.0937. The molecule has 158 valence electrons. The van der Waals surface area contributed by atoms with Crippen molar-refractivity contribution in [1.29, 1.82) is 0 Å². The fourth-order valence-electron chi connectivity index (χ4n) is 3.54. The summed E-state index contributed by atoms with van der Waals surface area (Å²) in [5.41, 5.74) is 2.07. The van der Waals surface area contributed by atoms with Gasteiger partial charge >= 0.3 is 0 Å². The summed E-state index contributed by atoms with van der Waals surface area (Å²) in [7, 11) is 0. The summed E-state index contributed by atoms with van der Waals surface area (Å²) >= 11 is 0. The van der Waals surface area contributed by atoms with Crippen LogP contribution in [-0.2, 0) is 6.42 Å². The van der Waals surface area contributed by atoms with Gasteiger partial charge in [0.25, 0.3) is 11.8 Å². The van der Waals surface area contributed by atoms with E-state index >= 15 is 0 Å². The quantitative estimate of drug-likeness (QED) is 0.693. The number of fused-ring (bicyclic) bond motifs is 1. The van der Waals surface area contributed by atoms with E-state index in [2.05, 4.69) is 15.3 Å². The number of rotatable bonds is 4. The van der Waals surface area contributed by atoms with Crippen LogP contribution in [0.1, 0.15) is 51.6 Å². The van der Waals surface area contributed by atoms with E-state index in [0.29, 0.717) is 42.0 Å². The van der Waals surface area contributed by atoms with E-state index in [1.165, 1.54) is 47.5 Å². The van der Waals surface area contributed by atoms with Crippen molar-refractivity contribution in [3.8, 4) is 0 Å². The highest BCUT2D eigenvalue weighted by Crippen LogP contribution is 2.29. The van der Waals surface area contributed by atoms with Gasteiger partial charge in [0.15, 0.2) is 11.5 Å². The maximum atomic E-state index is 14.0. The second kappa shape index (κ2) is 8.59. The molecule has 2 aromatic heterocycles. The standard InChI is InChI=1S/C23H20F2N4O2/c1-14(27-22(30)15-6-8-16(24)9-7-15)18-10-11-20-19(28-18)5-3-13-29(20)23(31)21-17(25)4-2-12-26-21/h2,4,6-12,14H,3,5,13H2,1H3,(H,27,30). The van der Waals surface area contributed by atoms with E-state index in [9.17, 15) is 18.4 Å². The molecule has 2 amide bonds. The van der Waals surface area contributed by atoms with E-state index in [1.54, 1.807) is 19.1 Å². The molecule has 1 N–H and O–H groups in total. The number of nitrogens with one attached hydrogen (secondary N) is 1. The number of benzene rings is 1. The molecule has 3 aromatic rings. The van der Waals surface area contributed by atoms with Crippen molar-refractivity contribution in [2.75, 3.05) is 11.4 Å². The van der Waals surface area contributed by atoms with Gasteiger partial charge in [-0.15, -0.1) is 0 Å². The predicted octanol–water partition coefficient (Wildman–Crippen LogP) is 3.84. The van der Waals surface area contributed by atoms with Gasteiger partial charge in [-0.1, -0.05) is 0 Å². The highest BCUT2D eigenvalue weighted by Gasteiger charge is 2.28. The molecule has 4 rings (SSSR count). The predicted molar refractivity (Wildman–Crippen MR) is 111 cm³/mol. The molecule has 0 bridgehead atoms. The molecular weight excluding hydrogens is 402 g/mol. The van der Waals surface area contributed by atoms with Gasteiger partial charge in [-0.2, -0.15) is 0 Å². The van der Waals surface area contributed by atoms with Crippen LogP contribution in [0, 0.1) is 11.6 Å². The first-order chi connectivity index (χ1) is 14.9. The minimum absolute atomic E-state index is 0.223. The number of pyridine rings is 2. The van der Waals surface area contributed by atoms with Crippen LogP contribution in [0.2, 0.25) is 0 Å². The number of hydrogen-bond donors (Lipinski definition) is 1. The van der Waals surface area contributed by atoms with Crippen LogP contribution < -0.4 is 10.2 Å². The van der Waals surface area contributed by atoms with Gasteiger partial charge in [-0.25, -0.2) is 13.8 Å². The average Bonchev–Trinajstić information content (AvgIpc) is 2.78. The third kappa shape index (κ3) is 4.28. The molecule has 1 atom stereocenters. The van der Waals surface area contributed by atoms with Crippen LogP contribution in [0.4, 0.5) is 14.5 Å². The lowest BCUT2D eigenvalue weighted by atomic mass is 10.0. The monoisotopic (exact) mass is 422 g/mol. The van der Waals surface area contributed by atoms with Gasteiger partial charge in [-0.3, -0.25) is 14.6 Å². The third-order valence-electron chi connectivity index (χ3n) is 5.16. The van der Waals surface area contributed by atoms with Crippen molar-refractivity contribution in [3.63, 3.8) is 0 Å². The van der Waals surface area contributed by atoms with Crippen molar-refractivity contribution >= 4 is 17.5 Å². The molecule has 0 radical (unpaired) electrons. The number of nitrogens with zero attached hydrogens (tertiary/aromatic N) is 3. The molecule has 1 unspecified atom stereocenters. The fraction of sp³-hybridized carbons (Fsp3) is 0.217. The Kier molecular flexibility index (Phi) is 5.70. The first-order valence-electron chi connectivity index (χ1n) is 9.92. The number of amides is 2. The maximum absolute atomic E-state index is 14.0. The molecule has 31 heavy (non-hydrogen) atoms.